The molecular formula is C18H28N2O2. The van der Waals surface area contributed by atoms with Crippen LogP contribution in [0.3, 0.4) is 0 Å². The lowest BCUT2D eigenvalue weighted by Crippen LogP contribution is -2.47. The average Bonchev–Trinajstić information content (AvgIpc) is 2.96. The van der Waals surface area contributed by atoms with Gasteiger partial charge in [0.05, 0.1) is 12.2 Å². The highest BCUT2D eigenvalue weighted by Gasteiger charge is 2.45. The van der Waals surface area contributed by atoms with Crippen LogP contribution >= 0.6 is 0 Å². The van der Waals surface area contributed by atoms with E-state index in [9.17, 15) is 0 Å². The van der Waals surface area contributed by atoms with Crippen molar-refractivity contribution >= 4 is 0 Å². The van der Waals surface area contributed by atoms with E-state index in [2.05, 4.69) is 36.2 Å². The van der Waals surface area contributed by atoms with Crippen molar-refractivity contribution < 1.29 is 9.47 Å². The third kappa shape index (κ3) is 2.70. The molecule has 2 atom stereocenters. The Balaban J connectivity index is 2.04. The molecule has 2 unspecified atom stereocenters. The van der Waals surface area contributed by atoms with Gasteiger partial charge in [-0.05, 0) is 38.7 Å². The number of nitrogens with one attached hydrogen (secondary N) is 1. The Morgan fingerprint density at radius 1 is 1.32 bits per heavy atom. The summed E-state index contributed by atoms with van der Waals surface area (Å²) in [5.41, 5.74) is 1.19. The molecule has 1 saturated heterocycles. The second kappa shape index (κ2) is 6.47. The van der Waals surface area contributed by atoms with Gasteiger partial charge in [0.1, 0.15) is 17.1 Å². The third-order valence-electron chi connectivity index (χ3n) is 5.01. The van der Waals surface area contributed by atoms with Gasteiger partial charge in [-0.25, -0.2) is 0 Å². The maximum absolute atomic E-state index is 6.47. The fourth-order valence-electron chi connectivity index (χ4n) is 3.91. The van der Waals surface area contributed by atoms with E-state index < -0.39 is 0 Å². The number of fused-ring (bicyclic) bond motifs is 1. The number of nitrogens with zero attached hydrogens (tertiary/aromatic N) is 1. The Kier molecular flexibility index (Phi) is 4.59. The van der Waals surface area contributed by atoms with E-state index in [1.807, 2.05) is 13.0 Å². The molecule has 0 saturated carbocycles. The van der Waals surface area contributed by atoms with Crippen molar-refractivity contribution in [2.24, 2.45) is 0 Å². The van der Waals surface area contributed by atoms with Crippen molar-refractivity contribution in [3.63, 3.8) is 0 Å². The SMILES string of the molecule is CCOc1cccc2c1C(N(CC)CC)CC1(CCNC1)O2. The van der Waals surface area contributed by atoms with Gasteiger partial charge >= 0.3 is 0 Å². The standard InChI is InChI=1S/C18H28N2O2/c1-4-20(5-2)14-12-18(10-11-19-13-18)22-16-9-7-8-15(17(14)16)21-6-3/h7-9,14,19H,4-6,10-13H2,1-3H3. The van der Waals surface area contributed by atoms with E-state index in [0.29, 0.717) is 12.6 Å². The molecule has 4 nitrogen and oxygen atoms in total. The number of benzene rings is 1. The summed E-state index contributed by atoms with van der Waals surface area (Å²) >= 11 is 0. The van der Waals surface area contributed by atoms with E-state index in [4.69, 9.17) is 9.47 Å². The lowest BCUT2D eigenvalue weighted by Gasteiger charge is -2.44. The lowest BCUT2D eigenvalue weighted by molar-refractivity contribution is 0.0179. The fraction of sp³-hybridized carbons (Fsp3) is 0.667. The van der Waals surface area contributed by atoms with Crippen molar-refractivity contribution in [2.45, 2.75) is 45.3 Å². The molecule has 1 N–H and O–H groups in total. The maximum atomic E-state index is 6.47. The average molecular weight is 304 g/mol. The van der Waals surface area contributed by atoms with Crippen LogP contribution in [0.4, 0.5) is 0 Å². The Labute approximate surface area is 133 Å². The van der Waals surface area contributed by atoms with E-state index in [1.54, 1.807) is 0 Å². The maximum Gasteiger partial charge on any atom is 0.128 e. The summed E-state index contributed by atoms with van der Waals surface area (Å²) in [6.45, 7) is 11.3. The number of hydrogen-bond acceptors (Lipinski definition) is 4. The van der Waals surface area contributed by atoms with Crippen LogP contribution in [0, 0.1) is 0 Å². The topological polar surface area (TPSA) is 33.7 Å². The van der Waals surface area contributed by atoms with Crippen molar-refractivity contribution in [1.29, 1.82) is 0 Å². The van der Waals surface area contributed by atoms with Crippen LogP contribution < -0.4 is 14.8 Å². The van der Waals surface area contributed by atoms with E-state index >= 15 is 0 Å². The van der Waals surface area contributed by atoms with Crippen molar-refractivity contribution in [2.75, 3.05) is 32.8 Å². The van der Waals surface area contributed by atoms with E-state index in [1.165, 1.54) is 5.56 Å². The third-order valence-corrected chi connectivity index (χ3v) is 5.01. The molecule has 0 aromatic heterocycles. The zero-order valence-electron chi connectivity index (χ0n) is 14.0. The lowest BCUT2D eigenvalue weighted by atomic mass is 9.85. The van der Waals surface area contributed by atoms with Gasteiger partial charge in [0.2, 0.25) is 0 Å². The van der Waals surface area contributed by atoms with Crippen LogP contribution in [0.1, 0.15) is 45.2 Å². The van der Waals surface area contributed by atoms with Crippen LogP contribution in [0.2, 0.25) is 0 Å². The Bertz CT molecular complexity index is 508. The molecule has 1 fully saturated rings. The summed E-state index contributed by atoms with van der Waals surface area (Å²) in [4.78, 5) is 2.53. The normalized spacial score (nSPS) is 27.0. The highest BCUT2D eigenvalue weighted by Crippen LogP contribution is 2.48. The van der Waals surface area contributed by atoms with Crippen molar-refractivity contribution in [3.05, 3.63) is 23.8 Å². The molecule has 0 amide bonds. The molecule has 3 rings (SSSR count). The summed E-state index contributed by atoms with van der Waals surface area (Å²) in [7, 11) is 0. The van der Waals surface area contributed by atoms with Gasteiger partial charge < -0.3 is 14.8 Å². The van der Waals surface area contributed by atoms with Crippen LogP contribution in [0.15, 0.2) is 18.2 Å². The minimum atomic E-state index is -0.0505. The molecule has 2 aliphatic heterocycles. The zero-order chi connectivity index (χ0) is 15.6. The number of ether oxygens (including phenoxy) is 2. The summed E-state index contributed by atoms with van der Waals surface area (Å²) in [6.07, 6.45) is 2.13. The molecule has 1 spiro atoms. The fourth-order valence-corrected chi connectivity index (χ4v) is 3.91. The zero-order valence-corrected chi connectivity index (χ0v) is 14.0. The van der Waals surface area contributed by atoms with Crippen LogP contribution in [-0.2, 0) is 0 Å². The number of hydrogen-bond donors (Lipinski definition) is 1. The summed E-state index contributed by atoms with van der Waals surface area (Å²) < 4.78 is 12.4. The molecule has 2 heterocycles. The second-order valence-corrected chi connectivity index (χ2v) is 6.25. The first-order valence-electron chi connectivity index (χ1n) is 8.62. The first kappa shape index (κ1) is 15.6. The van der Waals surface area contributed by atoms with E-state index in [-0.39, 0.29) is 5.60 Å². The highest BCUT2D eigenvalue weighted by atomic mass is 16.5. The van der Waals surface area contributed by atoms with Gasteiger partial charge in [0.25, 0.3) is 0 Å². The van der Waals surface area contributed by atoms with Gasteiger partial charge in [-0.3, -0.25) is 4.90 Å². The summed E-state index contributed by atoms with van der Waals surface area (Å²) in [5, 5.41) is 3.47. The van der Waals surface area contributed by atoms with Gasteiger partial charge in [-0.15, -0.1) is 0 Å². The quantitative estimate of drug-likeness (QED) is 0.907. The molecular weight excluding hydrogens is 276 g/mol. The molecule has 0 bridgehead atoms. The van der Waals surface area contributed by atoms with Crippen molar-refractivity contribution in [3.8, 4) is 11.5 Å². The van der Waals surface area contributed by atoms with Gasteiger partial charge in [0, 0.05) is 25.4 Å². The Hall–Kier alpha value is -1.26. The largest absolute Gasteiger partial charge is 0.493 e. The molecule has 4 heteroatoms. The van der Waals surface area contributed by atoms with Gasteiger partial charge in [-0.1, -0.05) is 19.9 Å². The summed E-state index contributed by atoms with van der Waals surface area (Å²) in [5.74, 6) is 2.00. The molecule has 0 aliphatic carbocycles. The van der Waals surface area contributed by atoms with Crippen LogP contribution in [0.5, 0.6) is 11.5 Å². The Morgan fingerprint density at radius 2 is 2.14 bits per heavy atom. The van der Waals surface area contributed by atoms with Gasteiger partial charge in [-0.2, -0.15) is 0 Å². The molecule has 0 radical (unpaired) electrons. The smallest absolute Gasteiger partial charge is 0.128 e. The predicted molar refractivity (Wildman–Crippen MR) is 88.7 cm³/mol. The van der Waals surface area contributed by atoms with Crippen LogP contribution in [-0.4, -0.2) is 43.3 Å². The number of rotatable bonds is 5. The highest BCUT2D eigenvalue weighted by molar-refractivity contribution is 5.49. The molecule has 1 aromatic carbocycles. The first-order valence-corrected chi connectivity index (χ1v) is 8.62. The minimum absolute atomic E-state index is 0.0505. The molecule has 2 aliphatic rings. The Morgan fingerprint density at radius 3 is 2.77 bits per heavy atom. The second-order valence-electron chi connectivity index (χ2n) is 6.25. The van der Waals surface area contributed by atoms with E-state index in [0.717, 1.165) is 50.5 Å². The summed E-state index contributed by atoms with van der Waals surface area (Å²) in [6, 6.07) is 6.60. The monoisotopic (exact) mass is 304 g/mol. The van der Waals surface area contributed by atoms with Crippen LogP contribution in [0.25, 0.3) is 0 Å². The van der Waals surface area contributed by atoms with Gasteiger partial charge in [0.15, 0.2) is 0 Å². The first-order chi connectivity index (χ1) is 10.7. The molecule has 22 heavy (non-hydrogen) atoms. The van der Waals surface area contributed by atoms with Crippen molar-refractivity contribution in [1.82, 2.24) is 10.2 Å². The minimum Gasteiger partial charge on any atom is -0.493 e. The molecule has 1 aromatic rings. The predicted octanol–water partition coefficient (Wildman–Crippen LogP) is 2.98. The molecule has 122 valence electrons.